The molecular formula is C18H20N4O2S2. The molecule has 3 heterocycles. The fraction of sp³-hybridized carbons (Fsp3) is 0.444. The minimum Gasteiger partial charge on any atom is -0.316 e. The second-order valence-electron chi connectivity index (χ2n) is 6.43. The molecule has 1 aliphatic rings. The lowest BCUT2D eigenvalue weighted by Crippen LogP contribution is -2.16. The summed E-state index contributed by atoms with van der Waals surface area (Å²) in [5.41, 5.74) is 3.76. The summed E-state index contributed by atoms with van der Waals surface area (Å²) < 4.78 is 0. The topological polar surface area (TPSA) is 87.7 Å². The molecule has 0 atom stereocenters. The highest BCUT2D eigenvalue weighted by Gasteiger charge is 2.20. The molecule has 2 N–H and O–H groups in total. The number of nitrogens with zero attached hydrogens (tertiary/aromatic N) is 2. The maximum absolute atomic E-state index is 12.5. The van der Waals surface area contributed by atoms with Gasteiger partial charge in [0.1, 0.15) is 15.7 Å². The average molecular weight is 389 g/mol. The molecule has 4 rings (SSSR count). The van der Waals surface area contributed by atoms with Gasteiger partial charge in [-0.1, -0.05) is 6.92 Å². The minimum absolute atomic E-state index is 0.0689. The Kier molecular flexibility index (Phi) is 4.86. The van der Waals surface area contributed by atoms with Crippen molar-refractivity contribution in [3.05, 3.63) is 37.8 Å². The third-order valence-electron chi connectivity index (χ3n) is 4.69. The Balaban J connectivity index is 1.49. The number of amides is 1. The number of H-pyrrole nitrogens is 1. The predicted molar refractivity (Wildman–Crippen MR) is 105 cm³/mol. The maximum atomic E-state index is 12.5. The second kappa shape index (κ2) is 7.28. The molecule has 136 valence electrons. The summed E-state index contributed by atoms with van der Waals surface area (Å²) >= 11 is 3.06. The van der Waals surface area contributed by atoms with E-state index in [9.17, 15) is 9.59 Å². The van der Waals surface area contributed by atoms with Crippen LogP contribution in [0.4, 0.5) is 5.00 Å². The van der Waals surface area contributed by atoms with E-state index in [1.165, 1.54) is 28.2 Å². The van der Waals surface area contributed by atoms with Crippen molar-refractivity contribution in [2.45, 2.75) is 51.9 Å². The van der Waals surface area contributed by atoms with E-state index < -0.39 is 0 Å². The van der Waals surface area contributed by atoms with Crippen LogP contribution in [0.25, 0.3) is 10.2 Å². The summed E-state index contributed by atoms with van der Waals surface area (Å²) in [4.78, 5) is 38.6. The number of fused-ring (bicyclic) bond motifs is 3. The number of rotatable bonds is 5. The molecule has 0 bridgehead atoms. The Morgan fingerprint density at radius 1 is 1.35 bits per heavy atom. The monoisotopic (exact) mass is 388 g/mol. The van der Waals surface area contributed by atoms with Crippen LogP contribution in [0.1, 0.15) is 48.1 Å². The van der Waals surface area contributed by atoms with Gasteiger partial charge in [0.05, 0.1) is 16.6 Å². The van der Waals surface area contributed by atoms with Gasteiger partial charge >= 0.3 is 0 Å². The third kappa shape index (κ3) is 3.31. The zero-order valence-electron chi connectivity index (χ0n) is 14.6. The minimum atomic E-state index is -0.0860. The summed E-state index contributed by atoms with van der Waals surface area (Å²) in [6.45, 7) is 2.01. The molecule has 0 fully saturated rings. The van der Waals surface area contributed by atoms with E-state index in [2.05, 4.69) is 20.3 Å². The molecule has 1 aliphatic carbocycles. The highest BCUT2D eigenvalue weighted by molar-refractivity contribution is 7.18. The first kappa shape index (κ1) is 17.4. The molecule has 8 heteroatoms. The number of anilines is 1. The average Bonchev–Trinajstić information content (AvgIpc) is 3.23. The summed E-state index contributed by atoms with van der Waals surface area (Å²) in [7, 11) is 0. The van der Waals surface area contributed by atoms with Crippen LogP contribution in [-0.4, -0.2) is 20.9 Å². The number of thiophene rings is 1. The molecule has 0 saturated carbocycles. The number of aromatic amines is 1. The number of carbonyl (C=O) groups excluding carboxylic acids is 1. The van der Waals surface area contributed by atoms with E-state index in [0.29, 0.717) is 12.2 Å². The van der Waals surface area contributed by atoms with Gasteiger partial charge < -0.3 is 10.3 Å². The van der Waals surface area contributed by atoms with Crippen LogP contribution in [-0.2, 0) is 30.5 Å². The van der Waals surface area contributed by atoms with E-state index in [-0.39, 0.29) is 17.9 Å². The number of thiazole rings is 1. The first-order valence-electron chi connectivity index (χ1n) is 8.91. The zero-order chi connectivity index (χ0) is 18.1. The molecule has 0 aliphatic heterocycles. The van der Waals surface area contributed by atoms with Crippen LogP contribution in [0.2, 0.25) is 0 Å². The number of carbonyl (C=O) groups is 1. The van der Waals surface area contributed by atoms with E-state index in [4.69, 9.17) is 0 Å². The van der Waals surface area contributed by atoms with Crippen molar-refractivity contribution in [1.82, 2.24) is 15.0 Å². The Morgan fingerprint density at radius 2 is 2.19 bits per heavy atom. The highest BCUT2D eigenvalue weighted by atomic mass is 32.1. The van der Waals surface area contributed by atoms with Crippen molar-refractivity contribution in [3.8, 4) is 0 Å². The van der Waals surface area contributed by atoms with Gasteiger partial charge in [0.2, 0.25) is 5.91 Å². The van der Waals surface area contributed by atoms with Gasteiger partial charge in [0, 0.05) is 17.7 Å². The molecule has 0 spiro atoms. The van der Waals surface area contributed by atoms with Gasteiger partial charge in [0.15, 0.2) is 0 Å². The lowest BCUT2D eigenvalue weighted by molar-refractivity contribution is -0.116. The lowest BCUT2D eigenvalue weighted by Gasteiger charge is -2.09. The zero-order valence-corrected chi connectivity index (χ0v) is 16.2. The van der Waals surface area contributed by atoms with Crippen LogP contribution in [0.5, 0.6) is 0 Å². The molecular weight excluding hydrogens is 368 g/mol. The van der Waals surface area contributed by atoms with E-state index in [1.807, 2.05) is 6.92 Å². The molecule has 26 heavy (non-hydrogen) atoms. The highest BCUT2D eigenvalue weighted by Crippen LogP contribution is 2.33. The summed E-state index contributed by atoms with van der Waals surface area (Å²) in [6.07, 6.45) is 5.81. The van der Waals surface area contributed by atoms with Crippen molar-refractivity contribution in [2.24, 2.45) is 0 Å². The van der Waals surface area contributed by atoms with Gasteiger partial charge in [-0.15, -0.1) is 22.7 Å². The lowest BCUT2D eigenvalue weighted by atomic mass is 9.97. The van der Waals surface area contributed by atoms with Crippen LogP contribution in [0, 0.1) is 0 Å². The molecule has 3 aromatic heterocycles. The van der Waals surface area contributed by atoms with Gasteiger partial charge in [-0.05, 0) is 37.7 Å². The molecule has 0 radical (unpaired) electrons. The molecule has 0 saturated heterocycles. The first-order chi connectivity index (χ1) is 12.7. The molecule has 6 nitrogen and oxygen atoms in total. The maximum Gasteiger partial charge on any atom is 0.259 e. The van der Waals surface area contributed by atoms with Gasteiger partial charge in [-0.2, -0.15) is 0 Å². The molecule has 3 aromatic rings. The Labute approximate surface area is 158 Å². The first-order valence-corrected chi connectivity index (χ1v) is 10.6. The quantitative estimate of drug-likeness (QED) is 0.701. The number of hydrogen-bond acceptors (Lipinski definition) is 6. The summed E-state index contributed by atoms with van der Waals surface area (Å²) in [6, 6.07) is 0. The Bertz CT molecular complexity index is 1020. The van der Waals surface area contributed by atoms with Gasteiger partial charge in [-0.3, -0.25) is 9.59 Å². The van der Waals surface area contributed by atoms with Crippen molar-refractivity contribution >= 4 is 43.8 Å². The van der Waals surface area contributed by atoms with Crippen molar-refractivity contribution in [2.75, 3.05) is 5.32 Å². The summed E-state index contributed by atoms with van der Waals surface area (Å²) in [5.74, 6) is 0.494. The normalized spacial score (nSPS) is 13.7. The number of aryl methyl sites for hydroxylation is 4. The molecule has 1 amide bonds. The molecule has 0 unspecified atom stereocenters. The van der Waals surface area contributed by atoms with Crippen LogP contribution < -0.4 is 10.9 Å². The fourth-order valence-electron chi connectivity index (χ4n) is 3.37. The van der Waals surface area contributed by atoms with E-state index in [1.54, 1.807) is 16.8 Å². The smallest absolute Gasteiger partial charge is 0.259 e. The van der Waals surface area contributed by atoms with Crippen LogP contribution >= 0.6 is 22.7 Å². The second-order valence-corrected chi connectivity index (χ2v) is 8.37. The third-order valence-corrected chi connectivity index (χ3v) is 6.66. The van der Waals surface area contributed by atoms with Crippen LogP contribution in [0.3, 0.4) is 0 Å². The summed E-state index contributed by atoms with van der Waals surface area (Å²) in [5, 5.41) is 4.47. The largest absolute Gasteiger partial charge is 0.316 e. The standard InChI is InChI=1S/C18H20N4O2S2/c1-2-11-17(25-9-19-11)22-14(23)8-7-13-20-16(24)15-10-5-3-4-6-12(10)26-18(15)21-13/h9H,2-8H2,1H3,(H,22,23)(H,20,21,24). The number of nitrogens with one attached hydrogen (secondary N) is 2. The number of hydrogen-bond donors (Lipinski definition) is 2. The van der Waals surface area contributed by atoms with Crippen molar-refractivity contribution in [1.29, 1.82) is 0 Å². The van der Waals surface area contributed by atoms with Crippen molar-refractivity contribution in [3.63, 3.8) is 0 Å². The SMILES string of the molecule is CCc1ncsc1NC(=O)CCc1nc2sc3c(c2c(=O)[nH]1)CCCC3. The Hall–Kier alpha value is -2.06. The number of aromatic nitrogens is 3. The Morgan fingerprint density at radius 3 is 3.04 bits per heavy atom. The fourth-order valence-corrected chi connectivity index (χ4v) is 5.44. The van der Waals surface area contributed by atoms with Crippen molar-refractivity contribution < 1.29 is 4.79 Å². The predicted octanol–water partition coefficient (Wildman–Crippen LogP) is 3.45. The van der Waals surface area contributed by atoms with E-state index >= 15 is 0 Å². The van der Waals surface area contributed by atoms with Gasteiger partial charge in [-0.25, -0.2) is 9.97 Å². The van der Waals surface area contributed by atoms with Gasteiger partial charge in [0.25, 0.3) is 5.56 Å². The van der Waals surface area contributed by atoms with E-state index in [0.717, 1.165) is 46.6 Å². The van der Waals surface area contributed by atoms with Crippen LogP contribution in [0.15, 0.2) is 10.3 Å². The molecule has 0 aromatic carbocycles.